The molecule has 4 rings (SSSR count). The third-order valence-electron chi connectivity index (χ3n) is 5.30. The van der Waals surface area contributed by atoms with E-state index >= 15 is 0 Å². The van der Waals surface area contributed by atoms with Gasteiger partial charge >= 0.3 is 0 Å². The highest BCUT2D eigenvalue weighted by Crippen LogP contribution is 2.23. The lowest BCUT2D eigenvalue weighted by Crippen LogP contribution is -2.42. The van der Waals surface area contributed by atoms with Crippen LogP contribution in [0, 0.1) is 18.6 Å². The van der Waals surface area contributed by atoms with Crippen molar-refractivity contribution in [2.24, 2.45) is 0 Å². The van der Waals surface area contributed by atoms with Gasteiger partial charge in [0.15, 0.2) is 11.6 Å². The minimum atomic E-state index is -0.714. The van der Waals surface area contributed by atoms with Crippen LogP contribution >= 0.6 is 11.3 Å². The molecule has 2 heterocycles. The summed E-state index contributed by atoms with van der Waals surface area (Å²) in [5.41, 5.74) is 1.90. The van der Waals surface area contributed by atoms with Crippen molar-refractivity contribution in [1.29, 1.82) is 0 Å². The molecule has 0 radical (unpaired) electrons. The largest absolute Gasteiger partial charge is 0.487 e. The van der Waals surface area contributed by atoms with Crippen LogP contribution in [0.2, 0.25) is 0 Å². The Bertz CT molecular complexity index is 1060. The summed E-state index contributed by atoms with van der Waals surface area (Å²) < 4.78 is 38.2. The van der Waals surface area contributed by atoms with E-state index in [0.29, 0.717) is 32.5 Å². The molecular formula is C24H24F2N2O3S. The van der Waals surface area contributed by atoms with Crippen LogP contribution in [0.3, 0.4) is 0 Å². The van der Waals surface area contributed by atoms with E-state index in [0.717, 1.165) is 22.5 Å². The number of hydrogen-bond donors (Lipinski definition) is 0. The van der Waals surface area contributed by atoms with Crippen molar-refractivity contribution in [2.75, 3.05) is 13.1 Å². The second-order valence-corrected chi connectivity index (χ2v) is 8.73. The number of aromatic nitrogens is 1. The monoisotopic (exact) mass is 458 g/mol. The lowest BCUT2D eigenvalue weighted by atomic mass is 10.1. The van der Waals surface area contributed by atoms with Gasteiger partial charge in [-0.05, 0) is 31.2 Å². The third-order valence-corrected chi connectivity index (χ3v) is 6.17. The van der Waals surface area contributed by atoms with Crippen LogP contribution in [-0.2, 0) is 17.8 Å². The number of amides is 1. The quantitative estimate of drug-likeness (QED) is 0.504. The Hall–Kier alpha value is -3.00. The first kappa shape index (κ1) is 22.2. The van der Waals surface area contributed by atoms with Crippen LogP contribution in [0.4, 0.5) is 8.78 Å². The summed E-state index contributed by atoms with van der Waals surface area (Å²) >= 11 is 1.48. The van der Waals surface area contributed by atoms with Gasteiger partial charge in [-0.25, -0.2) is 13.8 Å². The van der Waals surface area contributed by atoms with E-state index in [9.17, 15) is 13.6 Å². The van der Waals surface area contributed by atoms with E-state index in [1.54, 1.807) is 4.90 Å². The number of hydrogen-bond acceptors (Lipinski definition) is 5. The summed E-state index contributed by atoms with van der Waals surface area (Å²) in [6.07, 6.45) is 1.22. The van der Waals surface area contributed by atoms with Crippen LogP contribution in [0.1, 0.15) is 29.1 Å². The molecule has 0 N–H and O–H groups in total. The van der Waals surface area contributed by atoms with Gasteiger partial charge in [0.25, 0.3) is 0 Å². The predicted octanol–water partition coefficient (Wildman–Crippen LogP) is 4.92. The van der Waals surface area contributed by atoms with Gasteiger partial charge in [-0.15, -0.1) is 11.3 Å². The second kappa shape index (κ2) is 10.1. The van der Waals surface area contributed by atoms with Gasteiger partial charge in [0.1, 0.15) is 29.3 Å². The fourth-order valence-corrected chi connectivity index (χ4v) is 4.22. The zero-order valence-corrected chi connectivity index (χ0v) is 18.5. The first-order valence-electron chi connectivity index (χ1n) is 10.5. The van der Waals surface area contributed by atoms with Crippen LogP contribution in [0.5, 0.6) is 11.5 Å². The van der Waals surface area contributed by atoms with Crippen LogP contribution in [0.25, 0.3) is 0 Å². The lowest BCUT2D eigenvalue weighted by Gasteiger charge is -2.32. The van der Waals surface area contributed by atoms with Gasteiger partial charge < -0.3 is 14.4 Å². The van der Waals surface area contributed by atoms with Crippen LogP contribution in [-0.4, -0.2) is 35.0 Å². The molecule has 32 heavy (non-hydrogen) atoms. The predicted molar refractivity (Wildman–Crippen MR) is 118 cm³/mol. The van der Waals surface area contributed by atoms with Crippen molar-refractivity contribution >= 4 is 17.2 Å². The Kier molecular flexibility index (Phi) is 6.99. The fourth-order valence-electron chi connectivity index (χ4n) is 3.52. The number of nitrogens with zero attached hydrogens (tertiary/aromatic N) is 2. The number of carbonyl (C=O) groups is 1. The van der Waals surface area contributed by atoms with Crippen molar-refractivity contribution < 1.29 is 23.0 Å². The molecule has 0 atom stereocenters. The maximum absolute atomic E-state index is 13.8. The second-order valence-electron chi connectivity index (χ2n) is 7.78. The minimum absolute atomic E-state index is 0.00714. The zero-order valence-electron chi connectivity index (χ0n) is 17.7. The minimum Gasteiger partial charge on any atom is -0.487 e. The van der Waals surface area contributed by atoms with E-state index in [1.807, 2.05) is 36.6 Å². The molecule has 1 amide bonds. The summed E-state index contributed by atoms with van der Waals surface area (Å²) in [5.74, 6) is -0.517. The highest BCUT2D eigenvalue weighted by Gasteiger charge is 2.25. The molecule has 3 aromatic rings. The van der Waals surface area contributed by atoms with Gasteiger partial charge in [0.05, 0.1) is 12.1 Å². The molecule has 5 nitrogen and oxygen atoms in total. The molecule has 0 spiro atoms. The fraction of sp³-hybridized carbons (Fsp3) is 0.333. The Morgan fingerprint density at radius 3 is 2.62 bits per heavy atom. The Labute approximate surface area is 189 Å². The van der Waals surface area contributed by atoms with Crippen LogP contribution < -0.4 is 9.47 Å². The number of ether oxygens (including phenoxy) is 2. The summed E-state index contributed by atoms with van der Waals surface area (Å²) in [4.78, 5) is 19.0. The standard InChI is InChI=1S/C24H24F2N2O3S/c1-16-2-5-19(6-3-16)30-14-23-27-18(15-32-23)13-24(29)28-10-8-20(9-11-28)31-22-7-4-17(25)12-21(22)26/h2-7,12,15,20H,8-11,13-14H2,1H3. The van der Waals surface area contributed by atoms with E-state index < -0.39 is 11.6 Å². The Morgan fingerprint density at radius 2 is 1.91 bits per heavy atom. The van der Waals surface area contributed by atoms with Crippen molar-refractivity contribution in [2.45, 2.75) is 38.9 Å². The molecule has 0 bridgehead atoms. The first-order valence-corrected chi connectivity index (χ1v) is 11.4. The van der Waals surface area contributed by atoms with E-state index in [4.69, 9.17) is 9.47 Å². The van der Waals surface area contributed by atoms with Crippen molar-refractivity contribution in [1.82, 2.24) is 9.88 Å². The molecule has 1 fully saturated rings. The number of likely N-dealkylation sites (tertiary alicyclic amines) is 1. The van der Waals surface area contributed by atoms with E-state index in [2.05, 4.69) is 4.98 Å². The number of rotatable bonds is 7. The molecule has 0 unspecified atom stereocenters. The molecule has 8 heteroatoms. The van der Waals surface area contributed by atoms with Gasteiger partial charge in [0, 0.05) is 37.4 Å². The highest BCUT2D eigenvalue weighted by atomic mass is 32.1. The number of halogens is 2. The summed E-state index contributed by atoms with van der Waals surface area (Å²) in [5, 5.41) is 2.71. The zero-order chi connectivity index (χ0) is 22.5. The van der Waals surface area contributed by atoms with Crippen molar-refractivity contribution in [3.63, 3.8) is 0 Å². The number of piperidine rings is 1. The highest BCUT2D eigenvalue weighted by molar-refractivity contribution is 7.09. The molecule has 1 saturated heterocycles. The number of carbonyl (C=O) groups excluding carboxylic acids is 1. The normalized spacial score (nSPS) is 14.4. The van der Waals surface area contributed by atoms with Gasteiger partial charge in [0.2, 0.25) is 5.91 Å². The van der Waals surface area contributed by atoms with Crippen molar-refractivity contribution in [3.8, 4) is 11.5 Å². The van der Waals surface area contributed by atoms with Crippen LogP contribution in [0.15, 0.2) is 47.8 Å². The van der Waals surface area contributed by atoms with Crippen molar-refractivity contribution in [3.05, 3.63) is 75.7 Å². The lowest BCUT2D eigenvalue weighted by molar-refractivity contribution is -0.132. The average Bonchev–Trinajstić information content (AvgIpc) is 3.23. The molecule has 0 aliphatic carbocycles. The maximum atomic E-state index is 13.8. The van der Waals surface area contributed by atoms with Gasteiger partial charge in [-0.3, -0.25) is 4.79 Å². The molecular weight excluding hydrogens is 434 g/mol. The maximum Gasteiger partial charge on any atom is 0.228 e. The molecule has 2 aromatic carbocycles. The number of thiazole rings is 1. The summed E-state index contributed by atoms with van der Waals surface area (Å²) in [7, 11) is 0. The molecule has 1 aliphatic rings. The SMILES string of the molecule is Cc1ccc(OCc2nc(CC(=O)N3CCC(Oc4ccc(F)cc4F)CC3)cs2)cc1. The van der Waals surface area contributed by atoms with Gasteiger partial charge in [-0.1, -0.05) is 17.7 Å². The molecule has 168 valence electrons. The average molecular weight is 459 g/mol. The molecule has 0 saturated carbocycles. The number of benzene rings is 2. The Morgan fingerprint density at radius 1 is 1.16 bits per heavy atom. The first-order chi connectivity index (χ1) is 15.5. The van der Waals surface area contributed by atoms with E-state index in [1.165, 1.54) is 29.0 Å². The smallest absolute Gasteiger partial charge is 0.228 e. The molecule has 1 aliphatic heterocycles. The summed E-state index contributed by atoms with van der Waals surface area (Å²) in [6.45, 7) is 3.44. The Balaban J connectivity index is 1.23. The topological polar surface area (TPSA) is 51.7 Å². The molecule has 1 aromatic heterocycles. The third kappa shape index (κ3) is 5.82. The summed E-state index contributed by atoms with van der Waals surface area (Å²) in [6, 6.07) is 11.1. The van der Waals surface area contributed by atoms with Gasteiger partial charge in [-0.2, -0.15) is 0 Å². The number of aryl methyl sites for hydroxylation is 1. The van der Waals surface area contributed by atoms with E-state index in [-0.39, 0.29) is 24.2 Å².